The van der Waals surface area contributed by atoms with Gasteiger partial charge in [-0.2, -0.15) is 0 Å². The summed E-state index contributed by atoms with van der Waals surface area (Å²) in [6.07, 6.45) is 17.5. The second-order valence-corrected chi connectivity index (χ2v) is 17.9. The third-order valence-electron chi connectivity index (χ3n) is 12.9. The minimum absolute atomic E-state index is 0.000437. The van der Waals surface area contributed by atoms with Gasteiger partial charge in [0.1, 0.15) is 5.75 Å². The first-order valence-electron chi connectivity index (χ1n) is 21.9. The van der Waals surface area contributed by atoms with Crippen molar-refractivity contribution in [3.05, 3.63) is 129 Å². The van der Waals surface area contributed by atoms with E-state index in [1.807, 2.05) is 18.2 Å². The smallest absolute Gasteiger partial charge is 0.204 e. The molecule has 0 radical (unpaired) electrons. The SMILES string of the molecule is CC1=CCCC(C)=CCC(C)(C)C=CC1.COc1ccc2cc1Oc1ccc(cc1)CC1c3cc(c(OC)cc3CCN1C)Oc1c(OC)c(OC)cc3c1C(C2)N(C)CC3. The Morgan fingerprint density at radius 1 is 0.639 bits per heavy atom. The van der Waals surface area contributed by atoms with Gasteiger partial charge in [-0.15, -0.1) is 0 Å². The van der Waals surface area contributed by atoms with Crippen molar-refractivity contribution >= 4 is 0 Å². The van der Waals surface area contributed by atoms with Crippen LogP contribution in [0.4, 0.5) is 0 Å². The third-order valence-corrected chi connectivity index (χ3v) is 12.9. The number of methoxy groups -OCH3 is 4. The topological polar surface area (TPSA) is 61.9 Å². The molecule has 4 aromatic rings. The van der Waals surface area contributed by atoms with E-state index in [2.05, 4.69) is 118 Å². The molecule has 324 valence electrons. The molecule has 2 atom stereocenters. The van der Waals surface area contributed by atoms with Gasteiger partial charge in [0.25, 0.3) is 0 Å². The summed E-state index contributed by atoms with van der Waals surface area (Å²) in [5.41, 5.74) is 10.5. The predicted octanol–water partition coefficient (Wildman–Crippen LogP) is 12.2. The maximum absolute atomic E-state index is 7.03. The lowest BCUT2D eigenvalue weighted by molar-refractivity contribution is 0.220. The summed E-state index contributed by atoms with van der Waals surface area (Å²) in [5, 5.41) is 0. The van der Waals surface area contributed by atoms with Crippen LogP contribution in [0.1, 0.15) is 98.8 Å². The molecule has 0 fully saturated rings. The quantitative estimate of drug-likeness (QED) is 0.189. The van der Waals surface area contributed by atoms with Gasteiger partial charge in [-0.1, -0.05) is 67.5 Å². The maximum Gasteiger partial charge on any atom is 0.204 e. The van der Waals surface area contributed by atoms with Gasteiger partial charge in [-0.25, -0.2) is 0 Å². The molecule has 8 heteroatoms. The number of likely N-dealkylation sites (N-methyl/N-ethyl adjacent to an activating group) is 2. The summed E-state index contributed by atoms with van der Waals surface area (Å²) in [6, 6.07) is 21.2. The molecule has 6 bridgehead atoms. The molecule has 1 aliphatic carbocycles. The zero-order valence-corrected chi connectivity index (χ0v) is 38.2. The molecule has 2 unspecified atom stereocenters. The number of nitrogens with zero attached hydrogens (tertiary/aromatic N) is 2. The number of fused-ring (bicyclic) bond motifs is 2. The highest BCUT2D eigenvalue weighted by molar-refractivity contribution is 5.64. The first kappa shape index (κ1) is 43.9. The van der Waals surface area contributed by atoms with E-state index in [4.69, 9.17) is 28.4 Å². The van der Waals surface area contributed by atoms with Gasteiger partial charge in [0.2, 0.25) is 5.75 Å². The Morgan fingerprint density at radius 3 is 2.02 bits per heavy atom. The fourth-order valence-electron chi connectivity index (χ4n) is 9.08. The molecule has 4 aliphatic heterocycles. The van der Waals surface area contributed by atoms with Crippen LogP contribution in [-0.4, -0.2) is 65.4 Å². The van der Waals surface area contributed by atoms with Gasteiger partial charge in [-0.3, -0.25) is 9.80 Å². The average Bonchev–Trinajstić information content (AvgIpc) is 3.27. The number of ether oxygens (including phenoxy) is 6. The molecule has 61 heavy (non-hydrogen) atoms. The first-order chi connectivity index (χ1) is 29.4. The normalized spacial score (nSPS) is 20.0. The summed E-state index contributed by atoms with van der Waals surface area (Å²) in [4.78, 5) is 4.81. The van der Waals surface area contributed by atoms with Crippen molar-refractivity contribution in [2.75, 3.05) is 55.6 Å². The number of rotatable bonds is 4. The molecule has 0 N–H and O–H groups in total. The fraction of sp³-hybridized carbons (Fsp3) is 0.434. The van der Waals surface area contributed by atoms with Gasteiger partial charge in [0.15, 0.2) is 34.5 Å². The largest absolute Gasteiger partial charge is 0.493 e. The van der Waals surface area contributed by atoms with E-state index in [9.17, 15) is 0 Å². The van der Waals surface area contributed by atoms with Crippen molar-refractivity contribution in [3.63, 3.8) is 0 Å². The summed E-state index contributed by atoms with van der Waals surface area (Å²) < 4.78 is 37.1. The highest BCUT2D eigenvalue weighted by Crippen LogP contribution is 2.52. The molecule has 0 spiro atoms. The van der Waals surface area contributed by atoms with Gasteiger partial charge >= 0.3 is 0 Å². The molecule has 5 aliphatic rings. The van der Waals surface area contributed by atoms with E-state index >= 15 is 0 Å². The van der Waals surface area contributed by atoms with E-state index in [0.717, 1.165) is 68.5 Å². The minimum Gasteiger partial charge on any atom is -0.493 e. The Morgan fingerprint density at radius 2 is 1.30 bits per heavy atom. The molecular weight excluding hydrogens is 761 g/mol. The Balaban J connectivity index is 0.000000318. The molecule has 4 heterocycles. The standard InChI is InChI=1S/C38H42N2O6.C15H24/c1-39-15-13-25-20-32(42-4)34-22-28(25)29(39)17-23-7-10-27(11-8-23)45-33-19-24(9-12-31(33)41-3)18-30-36-26(14-16-40(30)2)21-35(43-5)37(44-6)38(36)46-34;1-13-7-5-8-14(2)10-12-15(3,4)11-6-9-13/h7-12,19-22,29-30H,13-18H2,1-6H3;6-7,10-11H,5,8-9,12H2,1-4H3. The molecular formula is C53H66N2O6. The Hall–Kier alpha value is -5.18. The van der Waals surface area contributed by atoms with E-state index in [1.165, 1.54) is 46.2 Å². The van der Waals surface area contributed by atoms with Crippen LogP contribution in [0, 0.1) is 5.41 Å². The van der Waals surface area contributed by atoms with Gasteiger partial charge in [-0.05, 0) is 155 Å². The van der Waals surface area contributed by atoms with Crippen molar-refractivity contribution in [1.29, 1.82) is 0 Å². The molecule has 0 saturated heterocycles. The van der Waals surface area contributed by atoms with Crippen LogP contribution < -0.4 is 28.4 Å². The van der Waals surface area contributed by atoms with Gasteiger partial charge in [0, 0.05) is 30.7 Å². The van der Waals surface area contributed by atoms with Crippen LogP contribution in [0.25, 0.3) is 0 Å². The van der Waals surface area contributed by atoms with Crippen LogP contribution >= 0.6 is 0 Å². The molecule has 9 rings (SSSR count). The Kier molecular flexibility index (Phi) is 13.9. The molecule has 0 amide bonds. The van der Waals surface area contributed by atoms with Crippen molar-refractivity contribution in [2.45, 2.75) is 91.1 Å². The zero-order valence-electron chi connectivity index (χ0n) is 38.2. The maximum atomic E-state index is 7.03. The number of hydrogen-bond donors (Lipinski definition) is 0. The van der Waals surface area contributed by atoms with Crippen molar-refractivity contribution in [1.82, 2.24) is 9.80 Å². The Labute approximate surface area is 364 Å². The minimum atomic E-state index is 0.000437. The zero-order chi connectivity index (χ0) is 43.3. The highest BCUT2D eigenvalue weighted by Gasteiger charge is 2.35. The number of benzene rings is 4. The second kappa shape index (κ2) is 19.3. The van der Waals surface area contributed by atoms with E-state index < -0.39 is 0 Å². The van der Waals surface area contributed by atoms with Crippen LogP contribution in [0.3, 0.4) is 0 Å². The van der Waals surface area contributed by atoms with E-state index in [1.54, 1.807) is 28.4 Å². The van der Waals surface area contributed by atoms with Crippen LogP contribution in [0.15, 0.2) is 96.1 Å². The molecule has 8 nitrogen and oxygen atoms in total. The molecule has 0 saturated carbocycles. The van der Waals surface area contributed by atoms with Crippen molar-refractivity contribution < 1.29 is 28.4 Å². The van der Waals surface area contributed by atoms with Gasteiger partial charge in [0.05, 0.1) is 28.4 Å². The van der Waals surface area contributed by atoms with Gasteiger partial charge < -0.3 is 28.4 Å². The van der Waals surface area contributed by atoms with Crippen LogP contribution in [0.5, 0.6) is 46.0 Å². The van der Waals surface area contributed by atoms with Crippen molar-refractivity contribution in [3.8, 4) is 46.0 Å². The van der Waals surface area contributed by atoms with E-state index in [0.29, 0.717) is 45.7 Å². The average molecular weight is 827 g/mol. The number of allylic oxidation sites excluding steroid dienone is 6. The molecule has 4 aromatic carbocycles. The van der Waals surface area contributed by atoms with Crippen LogP contribution in [0.2, 0.25) is 0 Å². The Bertz CT molecular complexity index is 2270. The molecule has 0 aromatic heterocycles. The third kappa shape index (κ3) is 10.1. The lowest BCUT2D eigenvalue weighted by Gasteiger charge is -2.37. The van der Waals surface area contributed by atoms with Crippen LogP contribution in [-0.2, 0) is 25.7 Å². The van der Waals surface area contributed by atoms with Crippen molar-refractivity contribution in [2.24, 2.45) is 5.41 Å². The summed E-state index contributed by atoms with van der Waals surface area (Å²) >= 11 is 0. The fourth-order valence-corrected chi connectivity index (χ4v) is 9.08. The van der Waals surface area contributed by atoms with E-state index in [-0.39, 0.29) is 12.1 Å². The summed E-state index contributed by atoms with van der Waals surface area (Å²) in [7, 11) is 11.1. The lowest BCUT2D eigenvalue weighted by atomic mass is 9.87. The first-order valence-corrected chi connectivity index (χ1v) is 21.9. The lowest BCUT2D eigenvalue weighted by Crippen LogP contribution is -2.34. The highest BCUT2D eigenvalue weighted by atomic mass is 16.5. The summed E-state index contributed by atoms with van der Waals surface area (Å²) in [5.74, 6) is 5.41. The second-order valence-electron chi connectivity index (χ2n) is 17.9. The predicted molar refractivity (Wildman–Crippen MR) is 247 cm³/mol. The number of hydrogen-bond acceptors (Lipinski definition) is 8. The summed E-state index contributed by atoms with van der Waals surface area (Å²) in [6.45, 7) is 11.0. The monoisotopic (exact) mass is 826 g/mol.